The summed E-state index contributed by atoms with van der Waals surface area (Å²) in [5, 5.41) is 2.81. The van der Waals surface area contributed by atoms with Gasteiger partial charge in [0.15, 0.2) is 11.5 Å². The molecule has 0 aromatic heterocycles. The minimum atomic E-state index is -0.581. The van der Waals surface area contributed by atoms with E-state index in [1.807, 2.05) is 12.1 Å². The second-order valence-electron chi connectivity index (χ2n) is 6.31. The SMILES string of the molecule is COc1cc(C2CC2C(=O)Nc2ccccc2C(N)=O)cc(OC)c1OC. The predicted octanol–water partition coefficient (Wildman–Crippen LogP) is 2.55. The van der Waals surface area contributed by atoms with Crippen LogP contribution in [0.1, 0.15) is 28.3 Å². The standard InChI is InChI=1S/C20H22N2O5/c1-25-16-8-11(9-17(26-2)18(16)27-3)13-10-14(13)20(24)22-15-7-5-4-6-12(15)19(21)23/h4-9,13-14H,10H2,1-3H3,(H2,21,23)(H,22,24). The van der Waals surface area contributed by atoms with Gasteiger partial charge in [0.25, 0.3) is 5.91 Å². The first-order chi connectivity index (χ1) is 13.0. The summed E-state index contributed by atoms with van der Waals surface area (Å²) in [6, 6.07) is 10.4. The second-order valence-corrected chi connectivity index (χ2v) is 6.31. The summed E-state index contributed by atoms with van der Waals surface area (Å²) < 4.78 is 16.1. The zero-order valence-electron chi connectivity index (χ0n) is 15.4. The van der Waals surface area contributed by atoms with Gasteiger partial charge in [-0.25, -0.2) is 0 Å². The molecule has 142 valence electrons. The van der Waals surface area contributed by atoms with Crippen LogP contribution in [0.5, 0.6) is 17.2 Å². The largest absolute Gasteiger partial charge is 0.493 e. The van der Waals surface area contributed by atoms with E-state index in [0.29, 0.717) is 29.4 Å². The van der Waals surface area contributed by atoms with Crippen LogP contribution in [0.2, 0.25) is 0 Å². The van der Waals surface area contributed by atoms with Gasteiger partial charge in [-0.3, -0.25) is 9.59 Å². The minimum Gasteiger partial charge on any atom is -0.493 e. The Morgan fingerprint density at radius 2 is 1.67 bits per heavy atom. The molecule has 3 rings (SSSR count). The molecule has 2 aromatic carbocycles. The van der Waals surface area contributed by atoms with Crippen molar-refractivity contribution >= 4 is 17.5 Å². The summed E-state index contributed by atoms with van der Waals surface area (Å²) in [6.45, 7) is 0. The lowest BCUT2D eigenvalue weighted by Gasteiger charge is -2.14. The van der Waals surface area contributed by atoms with Crippen LogP contribution in [0.15, 0.2) is 36.4 Å². The molecule has 0 radical (unpaired) electrons. The Hall–Kier alpha value is -3.22. The number of hydrogen-bond donors (Lipinski definition) is 2. The molecule has 7 nitrogen and oxygen atoms in total. The number of primary amides is 1. The fourth-order valence-electron chi connectivity index (χ4n) is 3.20. The first kappa shape index (κ1) is 18.6. The van der Waals surface area contributed by atoms with Gasteiger partial charge < -0.3 is 25.3 Å². The molecule has 2 amide bonds. The maximum absolute atomic E-state index is 12.6. The molecule has 1 fully saturated rings. The van der Waals surface area contributed by atoms with Crippen molar-refractivity contribution in [3.8, 4) is 17.2 Å². The highest BCUT2D eigenvalue weighted by molar-refractivity contribution is 6.04. The lowest BCUT2D eigenvalue weighted by molar-refractivity contribution is -0.117. The Balaban J connectivity index is 1.78. The van der Waals surface area contributed by atoms with Gasteiger partial charge in [-0.15, -0.1) is 0 Å². The van der Waals surface area contributed by atoms with Crippen LogP contribution in [0.3, 0.4) is 0 Å². The van der Waals surface area contributed by atoms with Gasteiger partial charge in [-0.2, -0.15) is 0 Å². The summed E-state index contributed by atoms with van der Waals surface area (Å²) in [5.74, 6) is 0.730. The molecule has 0 spiro atoms. The van der Waals surface area contributed by atoms with E-state index < -0.39 is 5.91 Å². The molecule has 2 unspecified atom stereocenters. The first-order valence-corrected chi connectivity index (χ1v) is 8.49. The molecule has 7 heteroatoms. The van der Waals surface area contributed by atoms with Gasteiger partial charge in [0.05, 0.1) is 32.6 Å². The number of benzene rings is 2. The smallest absolute Gasteiger partial charge is 0.250 e. The molecule has 2 aromatic rings. The van der Waals surface area contributed by atoms with E-state index >= 15 is 0 Å². The number of ether oxygens (including phenoxy) is 3. The van der Waals surface area contributed by atoms with Crippen molar-refractivity contribution in [1.82, 2.24) is 0 Å². The van der Waals surface area contributed by atoms with E-state index in [4.69, 9.17) is 19.9 Å². The fraction of sp³-hybridized carbons (Fsp3) is 0.300. The van der Waals surface area contributed by atoms with Gasteiger partial charge in [0.1, 0.15) is 0 Å². The number of rotatable bonds is 7. The number of nitrogens with two attached hydrogens (primary N) is 1. The Morgan fingerprint density at radius 1 is 1.04 bits per heavy atom. The molecular formula is C20H22N2O5. The summed E-state index contributed by atoms with van der Waals surface area (Å²) in [5.41, 5.74) is 7.01. The number of para-hydroxylation sites is 1. The molecule has 3 N–H and O–H groups in total. The van der Waals surface area contributed by atoms with Crippen LogP contribution >= 0.6 is 0 Å². The minimum absolute atomic E-state index is 0.0412. The normalized spacial score (nSPS) is 17.7. The molecule has 0 bridgehead atoms. The number of carbonyl (C=O) groups is 2. The number of carbonyl (C=O) groups excluding carboxylic acids is 2. The summed E-state index contributed by atoms with van der Waals surface area (Å²) >= 11 is 0. The van der Waals surface area contributed by atoms with Crippen LogP contribution in [0.25, 0.3) is 0 Å². The number of anilines is 1. The third kappa shape index (κ3) is 3.67. The zero-order valence-corrected chi connectivity index (χ0v) is 15.4. The van der Waals surface area contributed by atoms with Gasteiger partial charge in [-0.05, 0) is 42.2 Å². The van der Waals surface area contributed by atoms with Crippen molar-refractivity contribution in [2.45, 2.75) is 12.3 Å². The maximum atomic E-state index is 12.6. The van der Waals surface area contributed by atoms with Crippen molar-refractivity contribution in [3.05, 3.63) is 47.5 Å². The van der Waals surface area contributed by atoms with E-state index in [1.165, 1.54) is 0 Å². The van der Waals surface area contributed by atoms with E-state index in [0.717, 1.165) is 5.56 Å². The third-order valence-corrected chi connectivity index (χ3v) is 4.69. The van der Waals surface area contributed by atoms with E-state index in [-0.39, 0.29) is 23.3 Å². The van der Waals surface area contributed by atoms with Crippen LogP contribution in [0.4, 0.5) is 5.69 Å². The number of amides is 2. The van der Waals surface area contributed by atoms with E-state index in [9.17, 15) is 9.59 Å². The van der Waals surface area contributed by atoms with Crippen molar-refractivity contribution in [1.29, 1.82) is 0 Å². The molecule has 1 aliphatic rings. The van der Waals surface area contributed by atoms with Gasteiger partial charge in [0.2, 0.25) is 11.7 Å². The lowest BCUT2D eigenvalue weighted by Crippen LogP contribution is -2.19. The highest BCUT2D eigenvalue weighted by Gasteiger charge is 2.44. The summed E-state index contributed by atoms with van der Waals surface area (Å²) in [4.78, 5) is 24.1. The highest BCUT2D eigenvalue weighted by Crippen LogP contribution is 2.51. The Kier molecular flexibility index (Phi) is 5.21. The monoisotopic (exact) mass is 370 g/mol. The fourth-order valence-corrected chi connectivity index (χ4v) is 3.20. The van der Waals surface area contributed by atoms with Crippen LogP contribution < -0.4 is 25.3 Å². The molecular weight excluding hydrogens is 348 g/mol. The molecule has 27 heavy (non-hydrogen) atoms. The van der Waals surface area contributed by atoms with Crippen LogP contribution in [0, 0.1) is 5.92 Å². The maximum Gasteiger partial charge on any atom is 0.250 e. The average Bonchev–Trinajstić information content (AvgIpc) is 3.48. The molecule has 0 heterocycles. The van der Waals surface area contributed by atoms with Gasteiger partial charge in [0, 0.05) is 5.92 Å². The molecule has 1 saturated carbocycles. The number of hydrogen-bond acceptors (Lipinski definition) is 5. The number of methoxy groups -OCH3 is 3. The molecule has 0 aliphatic heterocycles. The quantitative estimate of drug-likeness (QED) is 0.780. The lowest BCUT2D eigenvalue weighted by atomic mass is 10.1. The molecule has 0 saturated heterocycles. The van der Waals surface area contributed by atoms with Gasteiger partial charge in [-0.1, -0.05) is 12.1 Å². The van der Waals surface area contributed by atoms with Crippen molar-refractivity contribution in [2.75, 3.05) is 26.6 Å². The number of nitrogens with one attached hydrogen (secondary N) is 1. The predicted molar refractivity (Wildman–Crippen MR) is 101 cm³/mol. The van der Waals surface area contributed by atoms with E-state index in [2.05, 4.69) is 5.32 Å². The summed E-state index contributed by atoms with van der Waals surface area (Å²) in [6.07, 6.45) is 0.698. The highest BCUT2D eigenvalue weighted by atomic mass is 16.5. The van der Waals surface area contributed by atoms with Crippen LogP contribution in [-0.4, -0.2) is 33.1 Å². The Bertz CT molecular complexity index is 855. The topological polar surface area (TPSA) is 99.9 Å². The molecule has 2 atom stereocenters. The third-order valence-electron chi connectivity index (χ3n) is 4.69. The van der Waals surface area contributed by atoms with Crippen molar-refractivity contribution < 1.29 is 23.8 Å². The average molecular weight is 370 g/mol. The van der Waals surface area contributed by atoms with Crippen molar-refractivity contribution in [2.24, 2.45) is 11.7 Å². The van der Waals surface area contributed by atoms with E-state index in [1.54, 1.807) is 45.6 Å². The molecule has 1 aliphatic carbocycles. The first-order valence-electron chi connectivity index (χ1n) is 8.49. The van der Waals surface area contributed by atoms with Crippen LogP contribution in [-0.2, 0) is 4.79 Å². The van der Waals surface area contributed by atoms with Crippen molar-refractivity contribution in [3.63, 3.8) is 0 Å². The Labute approximate surface area is 157 Å². The zero-order chi connectivity index (χ0) is 19.6. The van der Waals surface area contributed by atoms with Gasteiger partial charge >= 0.3 is 0 Å². The Morgan fingerprint density at radius 3 is 2.22 bits per heavy atom. The summed E-state index contributed by atoms with van der Waals surface area (Å²) in [7, 11) is 4.65. The second kappa shape index (κ2) is 7.57.